The molecule has 0 spiro atoms. The average molecular weight is 272 g/mol. The molecule has 1 heterocycles. The molecule has 0 aromatic carbocycles. The molecule has 0 aliphatic carbocycles. The molecular weight excluding hydrogens is 244 g/mol. The zero-order chi connectivity index (χ0) is 14.7. The van der Waals surface area contributed by atoms with Crippen molar-refractivity contribution in [3.63, 3.8) is 0 Å². The van der Waals surface area contributed by atoms with Crippen molar-refractivity contribution in [2.45, 2.75) is 57.8 Å². The van der Waals surface area contributed by atoms with Crippen molar-refractivity contribution in [3.8, 4) is 0 Å². The summed E-state index contributed by atoms with van der Waals surface area (Å²) in [5.74, 6) is -0.786. The summed E-state index contributed by atoms with van der Waals surface area (Å²) in [6, 6.07) is 0. The molecule has 1 saturated heterocycles. The van der Waals surface area contributed by atoms with Gasteiger partial charge in [0.1, 0.15) is 5.54 Å². The van der Waals surface area contributed by atoms with Crippen molar-refractivity contribution < 1.29 is 14.6 Å². The van der Waals surface area contributed by atoms with Crippen molar-refractivity contribution in [2.75, 3.05) is 26.7 Å². The normalized spacial score (nSPS) is 26.9. The van der Waals surface area contributed by atoms with E-state index in [4.69, 9.17) is 4.74 Å². The monoisotopic (exact) mass is 272 g/mol. The van der Waals surface area contributed by atoms with E-state index in [0.29, 0.717) is 6.42 Å². The SMILES string of the molecule is CNC(C)(CCCN1CC(C)OC(C)(C)C1)C(=O)O. The number of morpholine rings is 1. The van der Waals surface area contributed by atoms with Gasteiger partial charge in [0.25, 0.3) is 0 Å². The third kappa shape index (κ3) is 4.75. The molecule has 0 saturated carbocycles. The Morgan fingerprint density at radius 2 is 2.21 bits per heavy atom. The Balaban J connectivity index is 2.42. The summed E-state index contributed by atoms with van der Waals surface area (Å²) >= 11 is 0. The lowest BCUT2D eigenvalue weighted by Crippen LogP contribution is -2.52. The summed E-state index contributed by atoms with van der Waals surface area (Å²) < 4.78 is 5.86. The Labute approximate surface area is 116 Å². The Morgan fingerprint density at radius 3 is 2.68 bits per heavy atom. The molecule has 1 aliphatic heterocycles. The van der Waals surface area contributed by atoms with E-state index in [1.807, 2.05) is 0 Å². The molecule has 5 nitrogen and oxygen atoms in total. The topological polar surface area (TPSA) is 61.8 Å². The number of aliphatic carboxylic acids is 1. The van der Waals surface area contributed by atoms with Crippen molar-refractivity contribution in [1.29, 1.82) is 0 Å². The number of nitrogens with one attached hydrogen (secondary N) is 1. The molecule has 0 aromatic heterocycles. The zero-order valence-electron chi connectivity index (χ0n) is 12.8. The highest BCUT2D eigenvalue weighted by atomic mass is 16.5. The van der Waals surface area contributed by atoms with Gasteiger partial charge in [-0.1, -0.05) is 0 Å². The maximum absolute atomic E-state index is 11.2. The van der Waals surface area contributed by atoms with Crippen LogP contribution < -0.4 is 5.32 Å². The lowest BCUT2D eigenvalue weighted by atomic mass is 9.95. The van der Waals surface area contributed by atoms with Gasteiger partial charge in [-0.2, -0.15) is 0 Å². The van der Waals surface area contributed by atoms with E-state index < -0.39 is 11.5 Å². The molecule has 0 bridgehead atoms. The smallest absolute Gasteiger partial charge is 0.323 e. The number of hydrogen-bond donors (Lipinski definition) is 2. The lowest BCUT2D eigenvalue weighted by molar-refractivity contribution is -0.144. The van der Waals surface area contributed by atoms with Crippen molar-refractivity contribution in [2.24, 2.45) is 0 Å². The van der Waals surface area contributed by atoms with Crippen LogP contribution in [-0.2, 0) is 9.53 Å². The molecule has 2 N–H and O–H groups in total. The third-order valence-corrected chi connectivity index (χ3v) is 3.81. The maximum atomic E-state index is 11.2. The summed E-state index contributed by atoms with van der Waals surface area (Å²) in [7, 11) is 1.70. The van der Waals surface area contributed by atoms with E-state index in [1.54, 1.807) is 14.0 Å². The average Bonchev–Trinajstić information content (AvgIpc) is 2.25. The first-order chi connectivity index (χ1) is 8.68. The van der Waals surface area contributed by atoms with Crippen LogP contribution in [0, 0.1) is 0 Å². The molecular formula is C14H28N2O3. The van der Waals surface area contributed by atoms with Gasteiger partial charge in [-0.3, -0.25) is 9.69 Å². The summed E-state index contributed by atoms with van der Waals surface area (Å²) in [6.45, 7) is 10.8. The minimum atomic E-state index is -0.826. The predicted molar refractivity (Wildman–Crippen MR) is 75.4 cm³/mol. The van der Waals surface area contributed by atoms with Crippen LogP contribution in [0.25, 0.3) is 0 Å². The van der Waals surface area contributed by atoms with Crippen molar-refractivity contribution in [1.82, 2.24) is 10.2 Å². The van der Waals surface area contributed by atoms with Gasteiger partial charge in [-0.15, -0.1) is 0 Å². The zero-order valence-corrected chi connectivity index (χ0v) is 12.8. The number of carboxylic acids is 1. The fraction of sp³-hybridized carbons (Fsp3) is 0.929. The Bertz CT molecular complexity index is 320. The Morgan fingerprint density at radius 1 is 1.58 bits per heavy atom. The van der Waals surface area contributed by atoms with Crippen LogP contribution in [0.1, 0.15) is 40.5 Å². The predicted octanol–water partition coefficient (Wildman–Crippen LogP) is 1.33. The highest BCUT2D eigenvalue weighted by Gasteiger charge is 2.33. The van der Waals surface area contributed by atoms with E-state index in [0.717, 1.165) is 26.1 Å². The maximum Gasteiger partial charge on any atom is 0.323 e. The van der Waals surface area contributed by atoms with Gasteiger partial charge in [0, 0.05) is 13.1 Å². The number of likely N-dealkylation sites (N-methyl/N-ethyl adjacent to an activating group) is 1. The molecule has 1 aliphatic rings. The van der Waals surface area contributed by atoms with Crippen LogP contribution in [-0.4, -0.2) is 59.9 Å². The Kier molecular flexibility index (Phi) is 5.35. The van der Waals surface area contributed by atoms with Gasteiger partial charge < -0.3 is 15.2 Å². The van der Waals surface area contributed by atoms with E-state index in [2.05, 4.69) is 31.0 Å². The van der Waals surface area contributed by atoms with Gasteiger partial charge >= 0.3 is 5.97 Å². The molecule has 5 heteroatoms. The fourth-order valence-corrected chi connectivity index (χ4v) is 2.75. The van der Waals surface area contributed by atoms with Crippen molar-refractivity contribution in [3.05, 3.63) is 0 Å². The number of ether oxygens (including phenoxy) is 1. The van der Waals surface area contributed by atoms with Crippen LogP contribution in [0.15, 0.2) is 0 Å². The number of hydrogen-bond acceptors (Lipinski definition) is 4. The number of carbonyl (C=O) groups is 1. The minimum Gasteiger partial charge on any atom is -0.480 e. The lowest BCUT2D eigenvalue weighted by Gasteiger charge is -2.42. The van der Waals surface area contributed by atoms with Crippen LogP contribution >= 0.6 is 0 Å². The number of nitrogens with zero attached hydrogens (tertiary/aromatic N) is 1. The van der Waals surface area contributed by atoms with Gasteiger partial charge in [0.05, 0.1) is 11.7 Å². The first-order valence-electron chi connectivity index (χ1n) is 7.01. The summed E-state index contributed by atoms with van der Waals surface area (Å²) in [5, 5.41) is 12.1. The highest BCUT2D eigenvalue weighted by Crippen LogP contribution is 2.21. The Hall–Kier alpha value is -0.650. The molecule has 1 fully saturated rings. The summed E-state index contributed by atoms with van der Waals surface area (Å²) in [6.07, 6.45) is 1.73. The van der Waals surface area contributed by atoms with Gasteiger partial charge in [0.2, 0.25) is 0 Å². The highest BCUT2D eigenvalue weighted by molar-refractivity contribution is 5.78. The van der Waals surface area contributed by atoms with Crippen LogP contribution in [0.2, 0.25) is 0 Å². The van der Waals surface area contributed by atoms with E-state index in [9.17, 15) is 9.90 Å². The van der Waals surface area contributed by atoms with Crippen LogP contribution in [0.5, 0.6) is 0 Å². The van der Waals surface area contributed by atoms with Crippen LogP contribution in [0.3, 0.4) is 0 Å². The first-order valence-corrected chi connectivity index (χ1v) is 7.01. The largest absolute Gasteiger partial charge is 0.480 e. The van der Waals surface area contributed by atoms with Crippen molar-refractivity contribution >= 4 is 5.97 Å². The van der Waals surface area contributed by atoms with E-state index in [1.165, 1.54) is 0 Å². The molecule has 2 unspecified atom stereocenters. The van der Waals surface area contributed by atoms with E-state index in [-0.39, 0.29) is 11.7 Å². The van der Waals surface area contributed by atoms with Crippen LogP contribution in [0.4, 0.5) is 0 Å². The van der Waals surface area contributed by atoms with Gasteiger partial charge in [0.15, 0.2) is 0 Å². The summed E-state index contributed by atoms with van der Waals surface area (Å²) in [4.78, 5) is 13.6. The minimum absolute atomic E-state index is 0.114. The molecule has 0 radical (unpaired) electrons. The third-order valence-electron chi connectivity index (χ3n) is 3.81. The fourth-order valence-electron chi connectivity index (χ4n) is 2.75. The molecule has 1 rings (SSSR count). The molecule has 112 valence electrons. The van der Waals surface area contributed by atoms with E-state index >= 15 is 0 Å². The molecule has 0 amide bonds. The summed E-state index contributed by atoms with van der Waals surface area (Å²) in [5.41, 5.74) is -0.940. The second-order valence-corrected chi connectivity index (χ2v) is 6.41. The number of carboxylic acid groups (broad SMARTS) is 1. The first kappa shape index (κ1) is 16.4. The molecule has 19 heavy (non-hydrogen) atoms. The second kappa shape index (κ2) is 6.20. The number of rotatable bonds is 6. The van der Waals surface area contributed by atoms with Gasteiger partial charge in [-0.25, -0.2) is 0 Å². The molecule has 0 aromatic rings. The van der Waals surface area contributed by atoms with Gasteiger partial charge in [-0.05, 0) is 54.1 Å². The second-order valence-electron chi connectivity index (χ2n) is 6.41. The quantitative estimate of drug-likeness (QED) is 0.764. The standard InChI is InChI=1S/C14H28N2O3/c1-11-9-16(10-13(2,3)19-11)8-6-7-14(4,15-5)12(17)18/h11,15H,6-10H2,1-5H3,(H,17,18). The molecule has 2 atom stereocenters.